The van der Waals surface area contributed by atoms with Crippen molar-refractivity contribution in [1.29, 1.82) is 0 Å². The fourth-order valence-corrected chi connectivity index (χ4v) is 6.43. The number of sulfone groups is 1. The third kappa shape index (κ3) is 3.39. The van der Waals surface area contributed by atoms with E-state index in [0.29, 0.717) is 17.2 Å². The molecule has 1 aliphatic carbocycles. The molecular weight excluding hydrogens is 394 g/mol. The average molecular weight is 414 g/mol. The van der Waals surface area contributed by atoms with E-state index >= 15 is 0 Å². The third-order valence-corrected chi connectivity index (χ3v) is 8.34. The Morgan fingerprint density at radius 2 is 2.12 bits per heavy atom. The van der Waals surface area contributed by atoms with E-state index in [0.717, 1.165) is 41.3 Å². The summed E-state index contributed by atoms with van der Waals surface area (Å²) in [6, 6.07) is -0.168. The van der Waals surface area contributed by atoms with E-state index in [1.807, 2.05) is 6.26 Å². The van der Waals surface area contributed by atoms with Gasteiger partial charge in [0.05, 0.1) is 17.5 Å². The molecule has 11 heteroatoms. The van der Waals surface area contributed by atoms with Gasteiger partial charge in [0.2, 0.25) is 5.13 Å². The molecule has 140 valence electrons. The highest BCUT2D eigenvalue weighted by Crippen LogP contribution is 2.32. The molecule has 1 fully saturated rings. The Labute approximate surface area is 159 Å². The number of thioether (sulfide) groups is 1. The van der Waals surface area contributed by atoms with Gasteiger partial charge in [-0.2, -0.15) is 5.10 Å². The molecule has 2 aliphatic rings. The second-order valence-electron chi connectivity index (χ2n) is 6.51. The maximum Gasteiger partial charge on any atom is 0.278 e. The van der Waals surface area contributed by atoms with Gasteiger partial charge in [0, 0.05) is 11.3 Å². The molecule has 0 bridgehead atoms. The van der Waals surface area contributed by atoms with E-state index in [9.17, 15) is 13.2 Å². The largest absolute Gasteiger partial charge is 0.295 e. The Hall–Kier alpha value is -1.46. The first-order valence-corrected chi connectivity index (χ1v) is 12.3. The van der Waals surface area contributed by atoms with Crippen molar-refractivity contribution in [2.75, 3.05) is 23.1 Å². The second-order valence-corrected chi connectivity index (χ2v) is 10.8. The molecule has 0 saturated carbocycles. The lowest BCUT2D eigenvalue weighted by atomic mass is 9.95. The summed E-state index contributed by atoms with van der Waals surface area (Å²) >= 11 is 2.79. The smallest absolute Gasteiger partial charge is 0.278 e. The number of nitrogens with one attached hydrogen (secondary N) is 1. The molecule has 1 atom stereocenters. The Kier molecular flexibility index (Phi) is 4.78. The number of amides is 1. The van der Waals surface area contributed by atoms with Gasteiger partial charge in [-0.1, -0.05) is 23.1 Å². The minimum atomic E-state index is -3.01. The molecule has 0 aromatic carbocycles. The standard InChI is InChI=1S/C15H19N5O3S3/c1-24-15-18-17-14(25-15)16-13(21)12-10-4-2-3-5-11(10)20(19-12)9-6-7-26(22,23)8-9/h9H,2-8H2,1H3,(H,16,17,21)/t9-/m1/s1. The fourth-order valence-electron chi connectivity index (χ4n) is 3.58. The maximum absolute atomic E-state index is 12.8. The first-order valence-electron chi connectivity index (χ1n) is 8.46. The summed E-state index contributed by atoms with van der Waals surface area (Å²) in [6.07, 6.45) is 6.14. The first-order chi connectivity index (χ1) is 12.5. The van der Waals surface area contributed by atoms with Crippen molar-refractivity contribution >= 4 is 44.0 Å². The van der Waals surface area contributed by atoms with E-state index in [2.05, 4.69) is 20.6 Å². The zero-order valence-electron chi connectivity index (χ0n) is 14.3. The number of anilines is 1. The van der Waals surface area contributed by atoms with Crippen LogP contribution in [0.2, 0.25) is 0 Å². The van der Waals surface area contributed by atoms with Crippen molar-refractivity contribution in [2.24, 2.45) is 0 Å². The van der Waals surface area contributed by atoms with Gasteiger partial charge < -0.3 is 0 Å². The number of hydrogen-bond acceptors (Lipinski definition) is 8. The van der Waals surface area contributed by atoms with E-state index in [-0.39, 0.29) is 23.5 Å². The number of carbonyl (C=O) groups is 1. The van der Waals surface area contributed by atoms with E-state index in [4.69, 9.17) is 0 Å². The van der Waals surface area contributed by atoms with Gasteiger partial charge in [0.25, 0.3) is 5.91 Å². The normalized spacial score (nSPS) is 21.5. The molecule has 8 nitrogen and oxygen atoms in total. The SMILES string of the molecule is CSc1nnc(NC(=O)c2nn([C@@H]3CCS(=O)(=O)C3)c3c2CCCC3)s1. The van der Waals surface area contributed by atoms with Crippen LogP contribution >= 0.6 is 23.1 Å². The average Bonchev–Trinajstić information content (AvgIpc) is 3.31. The Morgan fingerprint density at radius 1 is 1.31 bits per heavy atom. The van der Waals surface area contributed by atoms with Gasteiger partial charge in [0.15, 0.2) is 19.9 Å². The van der Waals surface area contributed by atoms with Crippen LogP contribution in [0.25, 0.3) is 0 Å². The van der Waals surface area contributed by atoms with Crippen molar-refractivity contribution in [3.8, 4) is 0 Å². The van der Waals surface area contributed by atoms with Gasteiger partial charge in [-0.05, 0) is 38.4 Å². The minimum absolute atomic E-state index is 0.107. The Bertz CT molecular complexity index is 950. The zero-order chi connectivity index (χ0) is 18.3. The third-order valence-electron chi connectivity index (χ3n) is 4.78. The summed E-state index contributed by atoms with van der Waals surface area (Å²) in [7, 11) is -3.01. The summed E-state index contributed by atoms with van der Waals surface area (Å²) < 4.78 is 26.3. The molecule has 4 rings (SSSR count). The van der Waals surface area contributed by atoms with E-state index in [1.165, 1.54) is 23.1 Å². The van der Waals surface area contributed by atoms with Gasteiger partial charge >= 0.3 is 0 Å². The van der Waals surface area contributed by atoms with E-state index in [1.54, 1.807) is 4.68 Å². The molecule has 1 N–H and O–H groups in total. The number of hydrogen-bond donors (Lipinski definition) is 1. The second kappa shape index (κ2) is 6.93. The summed E-state index contributed by atoms with van der Waals surface area (Å²) in [4.78, 5) is 12.8. The zero-order valence-corrected chi connectivity index (χ0v) is 16.7. The minimum Gasteiger partial charge on any atom is -0.295 e. The molecule has 1 amide bonds. The quantitative estimate of drug-likeness (QED) is 0.603. The predicted octanol–water partition coefficient (Wildman–Crippen LogP) is 1.95. The van der Waals surface area contributed by atoms with Crippen LogP contribution in [0.1, 0.15) is 47.1 Å². The Balaban J connectivity index is 1.64. The van der Waals surface area contributed by atoms with Crippen molar-refractivity contribution in [1.82, 2.24) is 20.0 Å². The number of nitrogens with zero attached hydrogens (tertiary/aromatic N) is 4. The molecule has 1 aliphatic heterocycles. The monoisotopic (exact) mass is 413 g/mol. The summed E-state index contributed by atoms with van der Waals surface area (Å²) in [5, 5.41) is 15.7. The Morgan fingerprint density at radius 3 is 2.81 bits per heavy atom. The predicted molar refractivity (Wildman–Crippen MR) is 101 cm³/mol. The molecule has 1 saturated heterocycles. The molecule has 0 spiro atoms. The van der Waals surface area contributed by atoms with Crippen LogP contribution in [-0.2, 0) is 22.7 Å². The highest BCUT2D eigenvalue weighted by Gasteiger charge is 2.34. The summed E-state index contributed by atoms with van der Waals surface area (Å²) in [5.74, 6) is -0.00212. The summed E-state index contributed by atoms with van der Waals surface area (Å²) in [5.41, 5.74) is 2.36. The van der Waals surface area contributed by atoms with Crippen LogP contribution in [0.15, 0.2) is 4.34 Å². The molecule has 0 radical (unpaired) electrons. The van der Waals surface area contributed by atoms with Gasteiger partial charge in [-0.15, -0.1) is 10.2 Å². The number of carbonyl (C=O) groups excluding carboxylic acids is 1. The lowest BCUT2D eigenvalue weighted by molar-refractivity contribution is 0.102. The molecule has 2 aromatic rings. The molecule has 0 unspecified atom stereocenters. The topological polar surface area (TPSA) is 107 Å². The van der Waals surface area contributed by atoms with Crippen molar-refractivity contribution < 1.29 is 13.2 Å². The van der Waals surface area contributed by atoms with E-state index < -0.39 is 9.84 Å². The van der Waals surface area contributed by atoms with Crippen LogP contribution in [0, 0.1) is 0 Å². The highest BCUT2D eigenvalue weighted by molar-refractivity contribution is 8.00. The van der Waals surface area contributed by atoms with Crippen molar-refractivity contribution in [3.63, 3.8) is 0 Å². The van der Waals surface area contributed by atoms with Crippen LogP contribution < -0.4 is 5.32 Å². The van der Waals surface area contributed by atoms with Crippen LogP contribution in [0.5, 0.6) is 0 Å². The van der Waals surface area contributed by atoms with Gasteiger partial charge in [-0.25, -0.2) is 8.42 Å². The first kappa shape index (κ1) is 17.9. The molecule has 26 heavy (non-hydrogen) atoms. The van der Waals surface area contributed by atoms with Gasteiger partial charge in [0.1, 0.15) is 0 Å². The van der Waals surface area contributed by atoms with Crippen LogP contribution in [-0.4, -0.2) is 52.1 Å². The fraction of sp³-hybridized carbons (Fsp3) is 0.600. The number of fused-ring (bicyclic) bond motifs is 1. The maximum atomic E-state index is 12.8. The molecule has 2 aromatic heterocycles. The lowest BCUT2D eigenvalue weighted by Crippen LogP contribution is -2.17. The lowest BCUT2D eigenvalue weighted by Gasteiger charge is -2.17. The summed E-state index contributed by atoms with van der Waals surface area (Å²) in [6.45, 7) is 0. The number of aromatic nitrogens is 4. The highest BCUT2D eigenvalue weighted by atomic mass is 32.2. The van der Waals surface area contributed by atoms with Gasteiger partial charge in [-0.3, -0.25) is 14.8 Å². The number of rotatable bonds is 4. The van der Waals surface area contributed by atoms with Crippen LogP contribution in [0.4, 0.5) is 5.13 Å². The van der Waals surface area contributed by atoms with Crippen molar-refractivity contribution in [2.45, 2.75) is 42.5 Å². The van der Waals surface area contributed by atoms with Crippen molar-refractivity contribution in [3.05, 3.63) is 17.0 Å². The molecule has 3 heterocycles. The van der Waals surface area contributed by atoms with Crippen LogP contribution in [0.3, 0.4) is 0 Å². The molecular formula is C15H19N5O3S3.